The molecule has 0 spiro atoms. The number of carbonyl (C=O) groups is 3. The molecule has 2 aromatic carbocycles. The fraction of sp³-hybridized carbons (Fsp3) is 0.444. The first kappa shape index (κ1) is 23.7. The average molecular weight is 436 g/mol. The van der Waals surface area contributed by atoms with Gasteiger partial charge in [-0.15, -0.1) is 0 Å². The third-order valence-corrected chi connectivity index (χ3v) is 5.96. The first-order valence-electron chi connectivity index (χ1n) is 11.4. The van der Waals surface area contributed by atoms with Gasteiger partial charge >= 0.3 is 0 Å². The second-order valence-corrected chi connectivity index (χ2v) is 9.10. The van der Waals surface area contributed by atoms with Gasteiger partial charge in [-0.25, -0.2) is 0 Å². The molecule has 1 fully saturated rings. The van der Waals surface area contributed by atoms with Crippen LogP contribution in [-0.2, 0) is 11.2 Å². The van der Waals surface area contributed by atoms with Gasteiger partial charge in [0, 0.05) is 30.1 Å². The minimum atomic E-state index is -0.655. The highest BCUT2D eigenvalue weighted by atomic mass is 16.5. The maximum absolute atomic E-state index is 12.9. The van der Waals surface area contributed by atoms with E-state index in [9.17, 15) is 14.4 Å². The van der Waals surface area contributed by atoms with Crippen LogP contribution in [0.1, 0.15) is 66.8 Å². The topological polar surface area (TPSA) is 63.7 Å². The van der Waals surface area contributed by atoms with Gasteiger partial charge in [-0.2, -0.15) is 0 Å². The molecule has 0 radical (unpaired) electrons. The fourth-order valence-corrected chi connectivity index (χ4v) is 4.17. The van der Waals surface area contributed by atoms with Crippen molar-refractivity contribution in [3.63, 3.8) is 0 Å². The Hall–Kier alpha value is -2.95. The predicted molar refractivity (Wildman–Crippen MR) is 125 cm³/mol. The van der Waals surface area contributed by atoms with Gasteiger partial charge in [0.05, 0.1) is 0 Å². The maximum Gasteiger partial charge on any atom is 0.263 e. The summed E-state index contributed by atoms with van der Waals surface area (Å²) in [5.41, 5.74) is 2.56. The maximum atomic E-state index is 12.9. The number of hydrogen-bond acceptors (Lipinski definition) is 4. The van der Waals surface area contributed by atoms with Crippen LogP contribution in [0.15, 0.2) is 48.5 Å². The fourth-order valence-electron chi connectivity index (χ4n) is 4.17. The number of hydrogen-bond donors (Lipinski definition) is 0. The Balaban J connectivity index is 1.53. The zero-order valence-electron chi connectivity index (χ0n) is 19.5. The summed E-state index contributed by atoms with van der Waals surface area (Å²) < 4.78 is 5.79. The number of piperidine rings is 1. The van der Waals surface area contributed by atoms with E-state index >= 15 is 0 Å². The molecule has 1 unspecified atom stereocenters. The quantitative estimate of drug-likeness (QED) is 0.549. The molecule has 5 heteroatoms. The molecule has 170 valence electrons. The summed E-state index contributed by atoms with van der Waals surface area (Å²) >= 11 is 0. The van der Waals surface area contributed by atoms with Gasteiger partial charge < -0.3 is 9.64 Å². The molecule has 1 heterocycles. The highest BCUT2D eigenvalue weighted by Crippen LogP contribution is 2.24. The van der Waals surface area contributed by atoms with Crippen LogP contribution in [-0.4, -0.2) is 41.6 Å². The van der Waals surface area contributed by atoms with Crippen molar-refractivity contribution in [2.45, 2.75) is 53.1 Å². The Morgan fingerprint density at radius 3 is 2.22 bits per heavy atom. The number of amides is 1. The lowest BCUT2D eigenvalue weighted by molar-refractivity contribution is -0.139. The van der Waals surface area contributed by atoms with Crippen molar-refractivity contribution in [1.29, 1.82) is 0 Å². The second kappa shape index (κ2) is 10.6. The molecule has 1 aliphatic heterocycles. The molecule has 0 bridgehead atoms. The summed E-state index contributed by atoms with van der Waals surface area (Å²) in [4.78, 5) is 39.1. The number of ketones is 2. The van der Waals surface area contributed by atoms with E-state index in [1.54, 1.807) is 36.1 Å². The zero-order valence-corrected chi connectivity index (χ0v) is 19.5. The highest BCUT2D eigenvalue weighted by molar-refractivity contribution is 5.98. The van der Waals surface area contributed by atoms with Crippen LogP contribution in [0.25, 0.3) is 0 Å². The molecule has 0 aliphatic carbocycles. The standard InChI is InChI=1S/C27H33NO4/c1-18(2)16-21-8-10-22(11-9-21)26(30)23-12-14-28(15-13-23)27(31)20(4)32-25-7-5-6-24(17-25)19(3)29/h5-11,17-18,20,23H,12-16H2,1-4H3. The monoisotopic (exact) mass is 435 g/mol. The molecular formula is C27H33NO4. The van der Waals surface area contributed by atoms with Crippen molar-refractivity contribution in [2.24, 2.45) is 11.8 Å². The third-order valence-electron chi connectivity index (χ3n) is 5.96. The largest absolute Gasteiger partial charge is 0.481 e. The molecule has 1 amide bonds. The SMILES string of the molecule is CC(=O)c1cccc(OC(C)C(=O)N2CCC(C(=O)c3ccc(CC(C)C)cc3)CC2)c1. The molecule has 2 aromatic rings. The lowest BCUT2D eigenvalue weighted by atomic mass is 9.88. The number of Topliss-reactive ketones (excluding diaryl/α,β-unsaturated/α-hetero) is 2. The van der Waals surface area contributed by atoms with Gasteiger partial charge in [0.2, 0.25) is 0 Å². The first-order valence-corrected chi connectivity index (χ1v) is 11.4. The van der Waals surface area contributed by atoms with E-state index in [2.05, 4.69) is 13.8 Å². The molecule has 0 N–H and O–H groups in total. The number of likely N-dealkylation sites (tertiary alicyclic amines) is 1. The molecule has 3 rings (SSSR count). The van der Waals surface area contributed by atoms with Gasteiger partial charge in [0.1, 0.15) is 5.75 Å². The van der Waals surface area contributed by atoms with Crippen LogP contribution in [0.3, 0.4) is 0 Å². The molecule has 0 saturated carbocycles. The van der Waals surface area contributed by atoms with E-state index in [0.717, 1.165) is 12.0 Å². The van der Waals surface area contributed by atoms with Crippen LogP contribution in [0.4, 0.5) is 0 Å². The van der Waals surface area contributed by atoms with E-state index in [1.807, 2.05) is 24.3 Å². The van der Waals surface area contributed by atoms with Crippen molar-refractivity contribution in [1.82, 2.24) is 4.90 Å². The van der Waals surface area contributed by atoms with Crippen LogP contribution < -0.4 is 4.74 Å². The summed E-state index contributed by atoms with van der Waals surface area (Å²) in [5.74, 6) is 1.06. The summed E-state index contributed by atoms with van der Waals surface area (Å²) in [5, 5.41) is 0. The van der Waals surface area contributed by atoms with Crippen LogP contribution >= 0.6 is 0 Å². The highest BCUT2D eigenvalue weighted by Gasteiger charge is 2.30. The van der Waals surface area contributed by atoms with Crippen LogP contribution in [0.5, 0.6) is 5.75 Å². The van der Waals surface area contributed by atoms with Crippen molar-refractivity contribution < 1.29 is 19.1 Å². The number of carbonyl (C=O) groups excluding carboxylic acids is 3. The predicted octanol–water partition coefficient (Wildman–Crippen LogP) is 4.98. The van der Waals surface area contributed by atoms with E-state index in [0.29, 0.717) is 43.2 Å². The molecule has 0 aromatic heterocycles. The van der Waals surface area contributed by atoms with E-state index < -0.39 is 6.10 Å². The minimum absolute atomic E-state index is 0.0456. The zero-order chi connectivity index (χ0) is 23.3. The van der Waals surface area contributed by atoms with Gasteiger partial charge in [-0.05, 0) is 56.7 Å². The van der Waals surface area contributed by atoms with Crippen LogP contribution in [0.2, 0.25) is 0 Å². The Labute approximate surface area is 190 Å². The summed E-state index contributed by atoms with van der Waals surface area (Å²) in [6, 6.07) is 14.8. The molecule has 1 atom stereocenters. The minimum Gasteiger partial charge on any atom is -0.481 e. The van der Waals surface area contributed by atoms with Crippen molar-refractivity contribution in [3.05, 3.63) is 65.2 Å². The van der Waals surface area contributed by atoms with Crippen LogP contribution in [0, 0.1) is 11.8 Å². The lowest BCUT2D eigenvalue weighted by Gasteiger charge is -2.33. The number of rotatable bonds is 8. The summed E-state index contributed by atoms with van der Waals surface area (Å²) in [6.45, 7) is 8.67. The molecule has 1 aliphatic rings. The summed E-state index contributed by atoms with van der Waals surface area (Å²) in [7, 11) is 0. The first-order chi connectivity index (χ1) is 15.2. The van der Waals surface area contributed by atoms with Gasteiger partial charge in [0.25, 0.3) is 5.91 Å². The molecule has 32 heavy (non-hydrogen) atoms. The number of benzene rings is 2. The number of ether oxygens (including phenoxy) is 1. The molecule has 1 saturated heterocycles. The Morgan fingerprint density at radius 2 is 1.62 bits per heavy atom. The normalized spacial score (nSPS) is 15.5. The van der Waals surface area contributed by atoms with Gasteiger partial charge in [0.15, 0.2) is 17.7 Å². The summed E-state index contributed by atoms with van der Waals surface area (Å²) in [6.07, 6.45) is 1.67. The smallest absolute Gasteiger partial charge is 0.263 e. The van der Waals surface area contributed by atoms with Gasteiger partial charge in [-0.1, -0.05) is 50.2 Å². The van der Waals surface area contributed by atoms with Crippen molar-refractivity contribution >= 4 is 17.5 Å². The lowest BCUT2D eigenvalue weighted by Crippen LogP contribution is -2.45. The number of nitrogens with zero attached hydrogens (tertiary/aromatic N) is 1. The molecular weight excluding hydrogens is 402 g/mol. The van der Waals surface area contributed by atoms with E-state index in [-0.39, 0.29) is 23.4 Å². The third kappa shape index (κ3) is 6.06. The Kier molecular flexibility index (Phi) is 7.84. The Morgan fingerprint density at radius 1 is 0.969 bits per heavy atom. The molecule has 5 nitrogen and oxygen atoms in total. The van der Waals surface area contributed by atoms with Gasteiger partial charge in [-0.3, -0.25) is 14.4 Å². The Bertz CT molecular complexity index is 956. The second-order valence-electron chi connectivity index (χ2n) is 9.10. The van der Waals surface area contributed by atoms with Crippen molar-refractivity contribution in [3.8, 4) is 5.75 Å². The average Bonchev–Trinajstić information content (AvgIpc) is 2.78. The van der Waals surface area contributed by atoms with Crippen molar-refractivity contribution in [2.75, 3.05) is 13.1 Å². The van der Waals surface area contributed by atoms with E-state index in [1.165, 1.54) is 12.5 Å². The van der Waals surface area contributed by atoms with E-state index in [4.69, 9.17) is 4.74 Å².